The van der Waals surface area contributed by atoms with Gasteiger partial charge in [0.1, 0.15) is 0 Å². The predicted molar refractivity (Wildman–Crippen MR) is 52.7 cm³/mol. The van der Waals surface area contributed by atoms with E-state index in [0.717, 1.165) is 6.07 Å². The van der Waals surface area contributed by atoms with Crippen molar-refractivity contribution in [3.8, 4) is 5.75 Å². The molecule has 0 atom stereocenters. The van der Waals surface area contributed by atoms with Gasteiger partial charge >= 0.3 is 6.36 Å². The predicted octanol–water partition coefficient (Wildman–Crippen LogP) is 2.02. The third-order valence-electron chi connectivity index (χ3n) is 1.41. The van der Waals surface area contributed by atoms with Crippen LogP contribution in [0.3, 0.4) is 0 Å². The lowest BCUT2D eigenvalue weighted by Gasteiger charge is -2.15. The molecule has 0 radical (unpaired) electrons. The lowest BCUT2D eigenvalue weighted by molar-refractivity contribution is -0.274. The molecule has 0 unspecified atom stereocenters. The molecule has 1 aromatic carbocycles. The fourth-order valence-electron chi connectivity index (χ4n) is 0.961. The van der Waals surface area contributed by atoms with E-state index in [-0.39, 0.29) is 5.69 Å². The van der Waals surface area contributed by atoms with Crippen molar-refractivity contribution in [3.05, 3.63) is 24.3 Å². The number of ether oxygens (including phenoxy) is 1. The van der Waals surface area contributed by atoms with Crippen molar-refractivity contribution in [2.45, 2.75) is 6.36 Å². The smallest absolute Gasteiger partial charge is 0.404 e. The van der Waals surface area contributed by atoms with E-state index in [1.54, 1.807) is 0 Å². The fourth-order valence-corrected chi connectivity index (χ4v) is 1.52. The Labute approximate surface area is 89.1 Å². The molecule has 0 heterocycles. The molecule has 90 valence electrons. The van der Waals surface area contributed by atoms with Crippen LogP contribution < -0.4 is 20.8 Å². The quantitative estimate of drug-likeness (QED) is 0.719. The van der Waals surface area contributed by atoms with Gasteiger partial charge in [0.05, 0.1) is 5.69 Å². The zero-order valence-corrected chi connectivity index (χ0v) is 8.76. The number of hydrogen-bond donors (Lipinski definition) is 3. The molecule has 0 saturated carbocycles. The lowest BCUT2D eigenvalue weighted by Crippen LogP contribution is -2.19. The summed E-state index contributed by atoms with van der Waals surface area (Å²) in [4.78, 5) is 0. The number of rotatable bonds is 3. The summed E-state index contributed by atoms with van der Waals surface area (Å²) in [5.74, 6) is -0.550. The SMILES string of the molecule is NP(N)(=O)Nc1ccccc1OC(F)(F)F. The number of hydrogen-bond acceptors (Lipinski definition) is 2. The van der Waals surface area contributed by atoms with Crippen molar-refractivity contribution >= 4 is 13.3 Å². The Morgan fingerprint density at radius 2 is 1.81 bits per heavy atom. The van der Waals surface area contributed by atoms with Crippen LogP contribution in [-0.2, 0) is 4.57 Å². The molecular formula is C7H9F3N3O2P. The van der Waals surface area contributed by atoms with Crippen molar-refractivity contribution in [1.82, 2.24) is 0 Å². The first-order chi connectivity index (χ1) is 7.17. The Morgan fingerprint density at radius 3 is 2.31 bits per heavy atom. The van der Waals surface area contributed by atoms with Gasteiger partial charge in [-0.2, -0.15) is 0 Å². The number of halogens is 3. The van der Waals surface area contributed by atoms with Gasteiger partial charge in [-0.3, -0.25) is 15.6 Å². The highest BCUT2D eigenvalue weighted by Gasteiger charge is 2.32. The largest absolute Gasteiger partial charge is 0.573 e. The summed E-state index contributed by atoms with van der Waals surface area (Å²) in [5.41, 5.74) is 9.78. The number of para-hydroxylation sites is 2. The van der Waals surface area contributed by atoms with Gasteiger partial charge in [0.25, 0.3) is 7.59 Å². The molecule has 0 aliphatic heterocycles. The zero-order chi connectivity index (χ0) is 12.4. The van der Waals surface area contributed by atoms with Gasteiger partial charge in [0, 0.05) is 0 Å². The summed E-state index contributed by atoms with van der Waals surface area (Å²) in [5, 5.41) is 2.06. The number of nitrogens with two attached hydrogens (primary N) is 2. The molecule has 0 aliphatic carbocycles. The Morgan fingerprint density at radius 1 is 1.25 bits per heavy atom. The van der Waals surface area contributed by atoms with Crippen LogP contribution in [0.25, 0.3) is 0 Å². The summed E-state index contributed by atoms with van der Waals surface area (Å²) in [6, 6.07) is 5.00. The molecule has 0 saturated heterocycles. The third kappa shape index (κ3) is 4.52. The van der Waals surface area contributed by atoms with Crippen molar-refractivity contribution in [3.63, 3.8) is 0 Å². The molecule has 16 heavy (non-hydrogen) atoms. The second-order valence-electron chi connectivity index (χ2n) is 2.87. The average molecular weight is 255 g/mol. The Bertz CT molecular complexity index is 418. The highest BCUT2D eigenvalue weighted by Crippen LogP contribution is 2.36. The molecule has 0 spiro atoms. The summed E-state index contributed by atoms with van der Waals surface area (Å²) in [6.45, 7) is 0. The number of benzene rings is 1. The maximum Gasteiger partial charge on any atom is 0.573 e. The van der Waals surface area contributed by atoms with Crippen molar-refractivity contribution < 1.29 is 22.5 Å². The van der Waals surface area contributed by atoms with E-state index in [9.17, 15) is 17.7 Å². The highest BCUT2D eigenvalue weighted by molar-refractivity contribution is 7.60. The van der Waals surface area contributed by atoms with E-state index >= 15 is 0 Å². The van der Waals surface area contributed by atoms with Gasteiger partial charge in [0.2, 0.25) is 0 Å². The second-order valence-corrected chi connectivity index (χ2v) is 4.51. The maximum absolute atomic E-state index is 12.0. The van der Waals surface area contributed by atoms with Gasteiger partial charge < -0.3 is 9.82 Å². The standard InChI is InChI=1S/C7H9F3N3O2P/c8-7(9,10)15-6-4-2-1-3-5(6)13-16(11,12)14/h1-4H,(H5,11,12,13,14). The van der Waals surface area contributed by atoms with E-state index in [4.69, 9.17) is 11.0 Å². The monoisotopic (exact) mass is 255 g/mol. The van der Waals surface area contributed by atoms with Gasteiger partial charge in [0.15, 0.2) is 5.75 Å². The van der Waals surface area contributed by atoms with Crippen LogP contribution >= 0.6 is 7.59 Å². The second kappa shape index (κ2) is 4.32. The summed E-state index contributed by atoms with van der Waals surface area (Å²) in [7, 11) is -3.68. The van der Waals surface area contributed by atoms with Crippen LogP contribution in [0.5, 0.6) is 5.75 Å². The van der Waals surface area contributed by atoms with E-state index in [0.29, 0.717) is 0 Å². The minimum atomic E-state index is -4.84. The molecule has 0 bridgehead atoms. The first-order valence-electron chi connectivity index (χ1n) is 3.98. The molecule has 1 rings (SSSR count). The molecule has 9 heteroatoms. The Hall–Kier alpha value is -1.24. The van der Waals surface area contributed by atoms with E-state index < -0.39 is 19.7 Å². The van der Waals surface area contributed by atoms with Crippen LogP contribution in [0.1, 0.15) is 0 Å². The molecule has 5 N–H and O–H groups in total. The minimum Gasteiger partial charge on any atom is -0.404 e. The highest BCUT2D eigenvalue weighted by atomic mass is 31.2. The normalized spacial score (nSPS) is 12.3. The first-order valence-corrected chi connectivity index (χ1v) is 5.82. The molecule has 0 fully saturated rings. The first kappa shape index (κ1) is 12.8. The van der Waals surface area contributed by atoms with Crippen molar-refractivity contribution in [2.75, 3.05) is 5.09 Å². The van der Waals surface area contributed by atoms with Crippen LogP contribution in [0.15, 0.2) is 24.3 Å². The van der Waals surface area contributed by atoms with E-state index in [1.165, 1.54) is 18.2 Å². The van der Waals surface area contributed by atoms with E-state index in [1.807, 2.05) is 0 Å². The van der Waals surface area contributed by atoms with Crippen LogP contribution in [0, 0.1) is 0 Å². The molecule has 0 amide bonds. The number of nitrogens with one attached hydrogen (secondary N) is 1. The Kier molecular flexibility index (Phi) is 3.47. The fraction of sp³-hybridized carbons (Fsp3) is 0.143. The lowest BCUT2D eigenvalue weighted by atomic mass is 10.3. The minimum absolute atomic E-state index is 0.187. The molecule has 5 nitrogen and oxygen atoms in total. The van der Waals surface area contributed by atoms with Crippen molar-refractivity contribution in [1.29, 1.82) is 0 Å². The summed E-state index contributed by atoms with van der Waals surface area (Å²) >= 11 is 0. The van der Waals surface area contributed by atoms with E-state index in [2.05, 4.69) is 9.82 Å². The van der Waals surface area contributed by atoms with Crippen LogP contribution in [-0.4, -0.2) is 6.36 Å². The maximum atomic E-state index is 12.0. The molecule has 0 aliphatic rings. The van der Waals surface area contributed by atoms with Gasteiger partial charge in [-0.15, -0.1) is 13.2 Å². The van der Waals surface area contributed by atoms with Gasteiger partial charge in [-0.05, 0) is 12.1 Å². The summed E-state index contributed by atoms with van der Waals surface area (Å²) in [6.07, 6.45) is -4.84. The van der Waals surface area contributed by atoms with Crippen LogP contribution in [0.2, 0.25) is 0 Å². The van der Waals surface area contributed by atoms with Gasteiger partial charge in [-0.25, -0.2) is 0 Å². The molecule has 0 aromatic heterocycles. The third-order valence-corrected chi connectivity index (χ3v) is 2.00. The Balaban J connectivity index is 2.97. The zero-order valence-electron chi connectivity index (χ0n) is 7.86. The number of alkyl halides is 3. The summed E-state index contributed by atoms with van der Waals surface area (Å²) < 4.78 is 50.6. The average Bonchev–Trinajstić information content (AvgIpc) is 2.03. The number of anilines is 1. The molecule has 1 aromatic rings. The van der Waals surface area contributed by atoms with Gasteiger partial charge in [-0.1, -0.05) is 12.1 Å². The van der Waals surface area contributed by atoms with Crippen molar-refractivity contribution in [2.24, 2.45) is 11.0 Å². The molecular weight excluding hydrogens is 246 g/mol. The van der Waals surface area contributed by atoms with Crippen LogP contribution in [0.4, 0.5) is 18.9 Å². The topological polar surface area (TPSA) is 90.4 Å².